The first-order valence-corrected chi connectivity index (χ1v) is 7.37. The highest BCUT2D eigenvalue weighted by Gasteiger charge is 2.25. The standard InChI is InChI=1S/C18H19Cl/c1-12-9-14-5-3-4-6-16(14)17(10-12)15-7-8-18(19)13(2)11-15/h3-8,11-12,17H,9-10H2,1-2H3/t12-,17-/m0/s1. The topological polar surface area (TPSA) is 0 Å². The van der Waals surface area contributed by atoms with E-state index in [-0.39, 0.29) is 0 Å². The summed E-state index contributed by atoms with van der Waals surface area (Å²) in [6, 6.07) is 15.4. The quantitative estimate of drug-likeness (QED) is 0.654. The summed E-state index contributed by atoms with van der Waals surface area (Å²) in [5.74, 6) is 1.27. The summed E-state index contributed by atoms with van der Waals surface area (Å²) < 4.78 is 0. The molecule has 0 saturated carbocycles. The largest absolute Gasteiger partial charge is 0.0841 e. The molecule has 19 heavy (non-hydrogen) atoms. The third-order valence-electron chi connectivity index (χ3n) is 4.22. The molecule has 0 aromatic heterocycles. The van der Waals surface area contributed by atoms with Crippen LogP contribution in [-0.2, 0) is 6.42 Å². The van der Waals surface area contributed by atoms with Crippen molar-refractivity contribution in [2.24, 2.45) is 5.92 Å². The smallest absolute Gasteiger partial charge is 0.0435 e. The van der Waals surface area contributed by atoms with Crippen molar-refractivity contribution < 1.29 is 0 Å². The van der Waals surface area contributed by atoms with Gasteiger partial charge in [-0.3, -0.25) is 0 Å². The zero-order chi connectivity index (χ0) is 13.4. The summed E-state index contributed by atoms with van der Waals surface area (Å²) in [7, 11) is 0. The van der Waals surface area contributed by atoms with Crippen molar-refractivity contribution in [1.82, 2.24) is 0 Å². The van der Waals surface area contributed by atoms with Crippen LogP contribution in [0.15, 0.2) is 42.5 Å². The second kappa shape index (κ2) is 5.02. The number of hydrogen-bond acceptors (Lipinski definition) is 0. The lowest BCUT2D eigenvalue weighted by Gasteiger charge is -2.30. The van der Waals surface area contributed by atoms with E-state index in [0.29, 0.717) is 5.92 Å². The lowest BCUT2D eigenvalue weighted by atomic mass is 9.74. The number of halogens is 1. The van der Waals surface area contributed by atoms with E-state index in [2.05, 4.69) is 50.2 Å². The normalized spacial score (nSPS) is 22.1. The molecule has 0 saturated heterocycles. The third kappa shape index (κ3) is 2.42. The Morgan fingerprint density at radius 2 is 1.89 bits per heavy atom. The van der Waals surface area contributed by atoms with Crippen LogP contribution in [0.2, 0.25) is 5.02 Å². The Balaban J connectivity index is 2.07. The number of aryl methyl sites for hydroxylation is 1. The molecule has 0 aliphatic heterocycles. The van der Waals surface area contributed by atoms with E-state index < -0.39 is 0 Å². The van der Waals surface area contributed by atoms with Crippen LogP contribution in [-0.4, -0.2) is 0 Å². The Hall–Kier alpha value is -1.27. The summed E-state index contributed by atoms with van der Waals surface area (Å²) in [5, 5.41) is 0.862. The Bertz CT molecular complexity index is 600. The average molecular weight is 271 g/mol. The first-order chi connectivity index (χ1) is 9.15. The predicted molar refractivity (Wildman–Crippen MR) is 82.0 cm³/mol. The molecule has 0 unspecified atom stereocenters. The van der Waals surface area contributed by atoms with E-state index >= 15 is 0 Å². The Morgan fingerprint density at radius 1 is 1.11 bits per heavy atom. The minimum absolute atomic E-state index is 0.524. The number of fused-ring (bicyclic) bond motifs is 1. The Kier molecular flexibility index (Phi) is 3.36. The van der Waals surface area contributed by atoms with Crippen LogP contribution in [0.3, 0.4) is 0 Å². The summed E-state index contributed by atoms with van der Waals surface area (Å²) in [6.07, 6.45) is 2.44. The molecular weight excluding hydrogens is 252 g/mol. The van der Waals surface area contributed by atoms with E-state index in [1.54, 1.807) is 0 Å². The Labute approximate surface area is 120 Å². The fourth-order valence-electron chi connectivity index (χ4n) is 3.25. The van der Waals surface area contributed by atoms with Gasteiger partial charge in [0.1, 0.15) is 0 Å². The molecule has 1 heteroatoms. The van der Waals surface area contributed by atoms with Crippen molar-refractivity contribution in [1.29, 1.82) is 0 Å². The van der Waals surface area contributed by atoms with Gasteiger partial charge in [0.2, 0.25) is 0 Å². The highest BCUT2D eigenvalue weighted by molar-refractivity contribution is 6.31. The molecule has 2 aromatic rings. The molecule has 0 nitrogen and oxygen atoms in total. The van der Waals surface area contributed by atoms with Gasteiger partial charge in [-0.15, -0.1) is 0 Å². The Morgan fingerprint density at radius 3 is 2.68 bits per heavy atom. The third-order valence-corrected chi connectivity index (χ3v) is 4.65. The van der Waals surface area contributed by atoms with Crippen LogP contribution >= 0.6 is 11.6 Å². The fourth-order valence-corrected chi connectivity index (χ4v) is 3.37. The molecule has 98 valence electrons. The average Bonchev–Trinajstić information content (AvgIpc) is 2.41. The minimum Gasteiger partial charge on any atom is -0.0841 e. The van der Waals surface area contributed by atoms with Crippen molar-refractivity contribution in [2.45, 2.75) is 32.6 Å². The summed E-state index contributed by atoms with van der Waals surface area (Å²) in [5.41, 5.74) is 5.59. The van der Waals surface area contributed by atoms with Crippen LogP contribution in [0.5, 0.6) is 0 Å². The molecule has 2 atom stereocenters. The van der Waals surface area contributed by atoms with Crippen LogP contribution < -0.4 is 0 Å². The maximum atomic E-state index is 6.15. The molecule has 0 radical (unpaired) electrons. The highest BCUT2D eigenvalue weighted by Crippen LogP contribution is 2.39. The van der Waals surface area contributed by atoms with Crippen LogP contribution in [0.4, 0.5) is 0 Å². The summed E-state index contributed by atoms with van der Waals surface area (Å²) in [4.78, 5) is 0. The number of hydrogen-bond donors (Lipinski definition) is 0. The van der Waals surface area contributed by atoms with Gasteiger partial charge >= 0.3 is 0 Å². The molecule has 1 aliphatic rings. The fraction of sp³-hybridized carbons (Fsp3) is 0.333. The minimum atomic E-state index is 0.524. The van der Waals surface area contributed by atoms with Gasteiger partial charge in [0, 0.05) is 10.9 Å². The van der Waals surface area contributed by atoms with Gasteiger partial charge < -0.3 is 0 Å². The zero-order valence-electron chi connectivity index (χ0n) is 11.5. The molecule has 0 fully saturated rings. The van der Waals surface area contributed by atoms with Gasteiger partial charge in [0.05, 0.1) is 0 Å². The first-order valence-electron chi connectivity index (χ1n) is 6.99. The van der Waals surface area contributed by atoms with E-state index in [1.807, 2.05) is 6.07 Å². The van der Waals surface area contributed by atoms with Crippen molar-refractivity contribution in [3.63, 3.8) is 0 Å². The van der Waals surface area contributed by atoms with E-state index in [1.165, 1.54) is 35.1 Å². The van der Waals surface area contributed by atoms with E-state index in [4.69, 9.17) is 11.6 Å². The molecule has 2 aromatic carbocycles. The molecule has 0 bridgehead atoms. The summed E-state index contributed by atoms with van der Waals surface area (Å²) >= 11 is 6.15. The van der Waals surface area contributed by atoms with E-state index in [0.717, 1.165) is 10.9 Å². The highest BCUT2D eigenvalue weighted by atomic mass is 35.5. The van der Waals surface area contributed by atoms with Gasteiger partial charge in [0.15, 0.2) is 0 Å². The first kappa shape index (κ1) is 12.7. The number of benzene rings is 2. The lowest BCUT2D eigenvalue weighted by molar-refractivity contribution is 0.464. The molecule has 0 heterocycles. The SMILES string of the molecule is Cc1cc([C@@H]2C[C@@H](C)Cc3ccccc32)ccc1Cl. The zero-order valence-corrected chi connectivity index (χ0v) is 12.2. The maximum Gasteiger partial charge on any atom is 0.0435 e. The predicted octanol–water partition coefficient (Wildman–Crippen LogP) is 5.36. The number of rotatable bonds is 1. The lowest BCUT2D eigenvalue weighted by Crippen LogP contribution is -2.17. The van der Waals surface area contributed by atoms with Crippen LogP contribution in [0.25, 0.3) is 0 Å². The van der Waals surface area contributed by atoms with Gasteiger partial charge in [0.25, 0.3) is 0 Å². The molecular formula is C18H19Cl. The van der Waals surface area contributed by atoms with Gasteiger partial charge in [-0.25, -0.2) is 0 Å². The summed E-state index contributed by atoms with van der Waals surface area (Å²) in [6.45, 7) is 4.44. The molecule has 0 N–H and O–H groups in total. The molecule has 3 rings (SSSR count). The van der Waals surface area contributed by atoms with Crippen molar-refractivity contribution >= 4 is 11.6 Å². The molecule has 0 spiro atoms. The van der Waals surface area contributed by atoms with Crippen molar-refractivity contribution in [3.8, 4) is 0 Å². The van der Waals surface area contributed by atoms with E-state index in [9.17, 15) is 0 Å². The maximum absolute atomic E-state index is 6.15. The monoisotopic (exact) mass is 270 g/mol. The van der Waals surface area contributed by atoms with Crippen molar-refractivity contribution in [2.75, 3.05) is 0 Å². The van der Waals surface area contributed by atoms with Crippen LogP contribution in [0, 0.1) is 12.8 Å². The van der Waals surface area contributed by atoms with Gasteiger partial charge in [-0.2, -0.15) is 0 Å². The van der Waals surface area contributed by atoms with Gasteiger partial charge in [-0.05, 0) is 54.0 Å². The van der Waals surface area contributed by atoms with Gasteiger partial charge in [-0.1, -0.05) is 54.9 Å². The van der Waals surface area contributed by atoms with Crippen LogP contribution in [0.1, 0.15) is 41.5 Å². The second-order valence-corrected chi connectivity index (χ2v) is 6.21. The second-order valence-electron chi connectivity index (χ2n) is 5.81. The van der Waals surface area contributed by atoms with Crippen molar-refractivity contribution in [3.05, 3.63) is 69.7 Å². The molecule has 0 amide bonds. The molecule has 1 aliphatic carbocycles.